The van der Waals surface area contributed by atoms with E-state index in [1.165, 1.54) is 0 Å². The van der Waals surface area contributed by atoms with Crippen molar-refractivity contribution in [3.05, 3.63) is 124 Å². The van der Waals surface area contributed by atoms with Crippen molar-refractivity contribution in [1.29, 1.82) is 5.26 Å². The molecule has 0 N–H and O–H groups in total. The molecular formula is C33H28N4O2. The van der Waals surface area contributed by atoms with Gasteiger partial charge in [-0.2, -0.15) is 10.4 Å². The molecule has 0 bridgehead atoms. The maximum atomic E-state index is 13.8. The van der Waals surface area contributed by atoms with Crippen molar-refractivity contribution in [3.63, 3.8) is 0 Å². The molecule has 5 rings (SSSR count). The van der Waals surface area contributed by atoms with Crippen LogP contribution in [-0.2, 0) is 16.1 Å². The zero-order valence-electron chi connectivity index (χ0n) is 22.4. The lowest BCUT2D eigenvalue weighted by Gasteiger charge is -2.27. The largest absolute Gasteiger partial charge is 0.271 e. The lowest BCUT2D eigenvalue weighted by Crippen LogP contribution is -2.42. The summed E-state index contributed by atoms with van der Waals surface area (Å²) in [6.07, 6.45) is 3.64. The van der Waals surface area contributed by atoms with Gasteiger partial charge < -0.3 is 0 Å². The Kier molecular flexibility index (Phi) is 6.83. The van der Waals surface area contributed by atoms with Crippen LogP contribution >= 0.6 is 0 Å². The SMILES string of the molecule is CC1=C(C#N)C(=O)N(Cc2ccc(C)cc2)C(=O)/C1=C/c1cn(-c2ccccc2)nc1-c1cc(C)ccc1C. The number of carbonyl (C=O) groups excluding carboxylic acids is 2. The van der Waals surface area contributed by atoms with Crippen molar-refractivity contribution < 1.29 is 9.59 Å². The molecule has 0 fully saturated rings. The molecule has 1 aliphatic rings. The first kappa shape index (κ1) is 25.6. The predicted molar refractivity (Wildman–Crippen MR) is 151 cm³/mol. The zero-order chi connectivity index (χ0) is 27.7. The van der Waals surface area contributed by atoms with E-state index in [1.54, 1.807) is 17.7 Å². The van der Waals surface area contributed by atoms with Crippen molar-refractivity contribution in [2.24, 2.45) is 0 Å². The molecule has 4 aromatic rings. The summed E-state index contributed by atoms with van der Waals surface area (Å²) in [5, 5.41) is 14.8. The maximum Gasteiger partial charge on any atom is 0.271 e. The van der Waals surface area contributed by atoms with Crippen LogP contribution in [0.15, 0.2) is 95.7 Å². The summed E-state index contributed by atoms with van der Waals surface area (Å²) in [7, 11) is 0. The Balaban J connectivity index is 1.67. The Morgan fingerprint density at radius 1 is 0.872 bits per heavy atom. The van der Waals surface area contributed by atoms with Gasteiger partial charge in [0.2, 0.25) is 0 Å². The maximum absolute atomic E-state index is 13.8. The Morgan fingerprint density at radius 3 is 2.26 bits per heavy atom. The number of nitriles is 1. The molecule has 0 unspecified atom stereocenters. The molecule has 0 spiro atoms. The monoisotopic (exact) mass is 512 g/mol. The highest BCUT2D eigenvalue weighted by atomic mass is 16.2. The van der Waals surface area contributed by atoms with E-state index in [0.717, 1.165) is 44.0 Å². The van der Waals surface area contributed by atoms with Crippen LogP contribution in [0.1, 0.15) is 34.7 Å². The van der Waals surface area contributed by atoms with Gasteiger partial charge in [-0.1, -0.05) is 65.7 Å². The number of aryl methyl sites for hydroxylation is 3. The molecule has 192 valence electrons. The van der Waals surface area contributed by atoms with Crippen LogP contribution in [0.2, 0.25) is 0 Å². The Labute approximate surface area is 228 Å². The topological polar surface area (TPSA) is 79.0 Å². The van der Waals surface area contributed by atoms with Gasteiger partial charge in [-0.3, -0.25) is 14.5 Å². The lowest BCUT2D eigenvalue weighted by atomic mass is 9.92. The van der Waals surface area contributed by atoms with Gasteiger partial charge in [-0.05, 0) is 68.7 Å². The lowest BCUT2D eigenvalue weighted by molar-refractivity contribution is -0.141. The van der Waals surface area contributed by atoms with Gasteiger partial charge in [0, 0.05) is 22.9 Å². The number of hydrogen-bond acceptors (Lipinski definition) is 4. The number of rotatable bonds is 5. The van der Waals surface area contributed by atoms with Crippen LogP contribution in [0, 0.1) is 32.1 Å². The van der Waals surface area contributed by atoms with Crippen LogP contribution in [0.25, 0.3) is 23.0 Å². The van der Waals surface area contributed by atoms with Gasteiger partial charge in [-0.15, -0.1) is 0 Å². The first-order valence-corrected chi connectivity index (χ1v) is 12.7. The molecule has 2 heterocycles. The van der Waals surface area contributed by atoms with E-state index < -0.39 is 11.8 Å². The number of amides is 2. The predicted octanol–water partition coefficient (Wildman–Crippen LogP) is 6.26. The van der Waals surface area contributed by atoms with Crippen LogP contribution in [0.5, 0.6) is 0 Å². The molecule has 6 heteroatoms. The fourth-order valence-electron chi connectivity index (χ4n) is 4.71. The summed E-state index contributed by atoms with van der Waals surface area (Å²) in [6.45, 7) is 7.77. The third-order valence-corrected chi connectivity index (χ3v) is 7.00. The molecule has 0 saturated carbocycles. The van der Waals surface area contributed by atoms with Crippen LogP contribution in [-0.4, -0.2) is 26.5 Å². The number of imide groups is 1. The molecule has 0 atom stereocenters. The number of carbonyl (C=O) groups is 2. The van der Waals surface area contributed by atoms with Gasteiger partial charge >= 0.3 is 0 Å². The summed E-state index contributed by atoms with van der Waals surface area (Å²) < 4.78 is 1.79. The van der Waals surface area contributed by atoms with Gasteiger partial charge in [-0.25, -0.2) is 4.68 Å². The highest BCUT2D eigenvalue weighted by Crippen LogP contribution is 2.33. The first-order chi connectivity index (χ1) is 18.8. The Bertz CT molecular complexity index is 1700. The normalized spacial score (nSPS) is 14.7. The molecule has 1 aliphatic heterocycles. The summed E-state index contributed by atoms with van der Waals surface area (Å²) >= 11 is 0. The van der Waals surface area contributed by atoms with Gasteiger partial charge in [0.25, 0.3) is 11.8 Å². The van der Waals surface area contributed by atoms with Crippen molar-refractivity contribution in [2.75, 3.05) is 0 Å². The molecule has 1 aromatic heterocycles. The summed E-state index contributed by atoms with van der Waals surface area (Å²) in [6, 6.07) is 25.6. The number of aromatic nitrogens is 2. The minimum absolute atomic E-state index is 0.0308. The fraction of sp³-hybridized carbons (Fsp3) is 0.152. The minimum Gasteiger partial charge on any atom is -0.269 e. The first-order valence-electron chi connectivity index (χ1n) is 12.7. The molecule has 2 amide bonds. The second kappa shape index (κ2) is 10.4. The number of para-hydroxylation sites is 1. The molecule has 3 aromatic carbocycles. The molecule has 0 radical (unpaired) electrons. The third-order valence-electron chi connectivity index (χ3n) is 7.00. The highest BCUT2D eigenvalue weighted by Gasteiger charge is 2.35. The number of hydrogen-bond donors (Lipinski definition) is 0. The summed E-state index contributed by atoms with van der Waals surface area (Å²) in [5.74, 6) is -1.01. The average Bonchev–Trinajstić information content (AvgIpc) is 3.36. The van der Waals surface area contributed by atoms with Crippen molar-refractivity contribution in [1.82, 2.24) is 14.7 Å². The second-order valence-electron chi connectivity index (χ2n) is 9.88. The van der Waals surface area contributed by atoms with E-state index in [-0.39, 0.29) is 12.1 Å². The zero-order valence-corrected chi connectivity index (χ0v) is 22.4. The van der Waals surface area contributed by atoms with E-state index in [2.05, 4.69) is 18.2 Å². The third kappa shape index (κ3) is 4.95. The van der Waals surface area contributed by atoms with E-state index in [1.807, 2.05) is 87.6 Å². The smallest absolute Gasteiger partial charge is 0.269 e. The average molecular weight is 513 g/mol. The number of benzene rings is 3. The Morgan fingerprint density at radius 2 is 1.56 bits per heavy atom. The van der Waals surface area contributed by atoms with Gasteiger partial charge in [0.15, 0.2) is 0 Å². The van der Waals surface area contributed by atoms with E-state index in [0.29, 0.717) is 16.8 Å². The van der Waals surface area contributed by atoms with Crippen molar-refractivity contribution >= 4 is 17.9 Å². The van der Waals surface area contributed by atoms with Crippen molar-refractivity contribution in [3.8, 4) is 23.0 Å². The van der Waals surface area contributed by atoms with Gasteiger partial charge in [0.05, 0.1) is 12.2 Å². The van der Waals surface area contributed by atoms with Crippen molar-refractivity contribution in [2.45, 2.75) is 34.2 Å². The Hall–Kier alpha value is -5.02. The van der Waals surface area contributed by atoms with Crippen LogP contribution < -0.4 is 0 Å². The molecule has 0 aliphatic carbocycles. The minimum atomic E-state index is -0.576. The van der Waals surface area contributed by atoms with Crippen LogP contribution in [0.3, 0.4) is 0 Å². The molecular weight excluding hydrogens is 484 g/mol. The second-order valence-corrected chi connectivity index (χ2v) is 9.88. The molecule has 6 nitrogen and oxygen atoms in total. The molecule has 0 saturated heterocycles. The standard InChI is InChI=1S/C33H28N4O2/c1-21-11-14-25(15-12-21)19-36-32(38)29(24(4)30(18-34)33(36)39)17-26-20-37(27-8-6-5-7-9-27)35-31(26)28-16-22(2)10-13-23(28)3/h5-17,20H,19H2,1-4H3/b29-17+. The van der Waals surface area contributed by atoms with E-state index >= 15 is 0 Å². The summed E-state index contributed by atoms with van der Waals surface area (Å²) in [4.78, 5) is 28.1. The quantitative estimate of drug-likeness (QED) is 0.234. The van der Waals surface area contributed by atoms with E-state index in [9.17, 15) is 14.9 Å². The number of nitrogens with zero attached hydrogens (tertiary/aromatic N) is 4. The van der Waals surface area contributed by atoms with E-state index in [4.69, 9.17) is 5.10 Å². The highest BCUT2D eigenvalue weighted by molar-refractivity contribution is 6.19. The van der Waals surface area contributed by atoms with Crippen LogP contribution in [0.4, 0.5) is 0 Å². The fourth-order valence-corrected chi connectivity index (χ4v) is 4.71. The summed E-state index contributed by atoms with van der Waals surface area (Å²) in [5.41, 5.74) is 7.95. The molecule has 39 heavy (non-hydrogen) atoms. The van der Waals surface area contributed by atoms with Gasteiger partial charge in [0.1, 0.15) is 17.3 Å².